The van der Waals surface area contributed by atoms with Crippen molar-refractivity contribution in [3.05, 3.63) is 97.9 Å². The zero-order valence-corrected chi connectivity index (χ0v) is 25.8. The largest absolute Gasteiger partial charge is 0.354 e. The topological polar surface area (TPSA) is 86.8 Å². The fourth-order valence-corrected chi connectivity index (χ4v) is 5.99. The number of carbonyl (C=O) groups is 2. The lowest BCUT2D eigenvalue weighted by Gasteiger charge is -2.34. The van der Waals surface area contributed by atoms with Crippen LogP contribution in [-0.4, -0.2) is 50.5 Å². The van der Waals surface area contributed by atoms with Crippen LogP contribution in [0.5, 0.6) is 0 Å². The van der Waals surface area contributed by atoms with Crippen LogP contribution in [0, 0.1) is 0 Å². The van der Waals surface area contributed by atoms with Crippen LogP contribution >= 0.6 is 46.4 Å². The third-order valence-corrected chi connectivity index (χ3v) is 8.44. The van der Waals surface area contributed by atoms with Gasteiger partial charge in [0.15, 0.2) is 0 Å². The summed E-state index contributed by atoms with van der Waals surface area (Å²) in [5, 5.41) is 3.83. The van der Waals surface area contributed by atoms with Gasteiger partial charge in [-0.25, -0.2) is 8.42 Å². The molecule has 1 N–H and O–H groups in total. The van der Waals surface area contributed by atoms with E-state index in [4.69, 9.17) is 46.4 Å². The van der Waals surface area contributed by atoms with Gasteiger partial charge in [0, 0.05) is 40.1 Å². The van der Waals surface area contributed by atoms with Crippen molar-refractivity contribution in [1.82, 2.24) is 10.2 Å². The highest BCUT2D eigenvalue weighted by molar-refractivity contribution is 7.92. The summed E-state index contributed by atoms with van der Waals surface area (Å²) in [7, 11) is -3.98. The van der Waals surface area contributed by atoms with Gasteiger partial charge in [0.05, 0.1) is 17.0 Å². The Hall–Kier alpha value is -2.49. The van der Waals surface area contributed by atoms with Crippen LogP contribution in [0.1, 0.15) is 24.5 Å². The highest BCUT2D eigenvalue weighted by Gasteiger charge is 2.34. The first kappa shape index (κ1) is 32.0. The Morgan fingerprint density at radius 1 is 0.900 bits per heavy atom. The number of nitrogens with zero attached hydrogens (tertiary/aromatic N) is 2. The summed E-state index contributed by atoms with van der Waals surface area (Å²) in [6.07, 6.45) is 1.83. The van der Waals surface area contributed by atoms with Crippen LogP contribution in [0.2, 0.25) is 20.1 Å². The molecule has 1 atom stereocenters. The molecule has 0 spiro atoms. The smallest absolute Gasteiger partial charge is 0.244 e. The number of amides is 2. The number of nitrogens with one attached hydrogen (secondary N) is 1. The van der Waals surface area contributed by atoms with Gasteiger partial charge in [0.25, 0.3) is 0 Å². The van der Waals surface area contributed by atoms with Crippen LogP contribution in [0.15, 0.2) is 66.7 Å². The second kappa shape index (κ2) is 14.4. The average Bonchev–Trinajstić information content (AvgIpc) is 2.89. The number of benzene rings is 3. The van der Waals surface area contributed by atoms with E-state index in [1.165, 1.54) is 23.1 Å². The quantitative estimate of drug-likeness (QED) is 0.253. The molecule has 0 saturated heterocycles. The summed E-state index contributed by atoms with van der Waals surface area (Å²) in [6.45, 7) is 1.54. The lowest BCUT2D eigenvalue weighted by molar-refractivity contribution is -0.140. The second-order valence-electron chi connectivity index (χ2n) is 9.08. The minimum absolute atomic E-state index is 0.0490. The average molecular weight is 645 g/mol. The van der Waals surface area contributed by atoms with Gasteiger partial charge in [-0.3, -0.25) is 13.9 Å². The van der Waals surface area contributed by atoms with E-state index in [1.807, 2.05) is 37.3 Å². The summed E-state index contributed by atoms with van der Waals surface area (Å²) < 4.78 is 26.6. The minimum atomic E-state index is -3.98. The molecule has 214 valence electrons. The minimum Gasteiger partial charge on any atom is -0.354 e. The van der Waals surface area contributed by atoms with E-state index < -0.39 is 34.4 Å². The van der Waals surface area contributed by atoms with E-state index in [1.54, 1.807) is 18.2 Å². The second-order valence-corrected chi connectivity index (χ2v) is 12.6. The Balaban J connectivity index is 2.11. The van der Waals surface area contributed by atoms with Crippen LogP contribution in [0.25, 0.3) is 0 Å². The maximum absolute atomic E-state index is 14.1. The van der Waals surface area contributed by atoms with Crippen LogP contribution < -0.4 is 9.62 Å². The third-order valence-electron chi connectivity index (χ3n) is 6.07. The summed E-state index contributed by atoms with van der Waals surface area (Å²) in [5.74, 6) is -1.04. The summed E-state index contributed by atoms with van der Waals surface area (Å²) in [5.41, 5.74) is 1.31. The van der Waals surface area contributed by atoms with Crippen molar-refractivity contribution >= 4 is 73.9 Å². The van der Waals surface area contributed by atoms with E-state index in [0.29, 0.717) is 33.6 Å². The van der Waals surface area contributed by atoms with Crippen molar-refractivity contribution in [3.8, 4) is 0 Å². The van der Waals surface area contributed by atoms with E-state index in [2.05, 4.69) is 5.32 Å². The first-order valence-corrected chi connectivity index (χ1v) is 15.7. The Labute approximate surface area is 255 Å². The molecular weight excluding hydrogens is 616 g/mol. The van der Waals surface area contributed by atoms with Gasteiger partial charge in [-0.2, -0.15) is 0 Å². The standard InChI is InChI=1S/C28H29Cl4N3O4S/c1-3-14-33-28(37)26(15-19-8-5-4-6-9-19)34(17-21-22(30)10-7-11-23(21)31)27(36)18-35(40(2,38)39)25-13-12-20(29)16-24(25)32/h4-13,16,26H,3,14-15,17-18H2,1-2H3,(H,33,37). The van der Waals surface area contributed by atoms with Crippen LogP contribution in [0.4, 0.5) is 5.69 Å². The Morgan fingerprint density at radius 3 is 2.12 bits per heavy atom. The summed E-state index contributed by atoms with van der Waals surface area (Å²) in [6, 6.07) is 17.4. The number of rotatable bonds is 12. The molecule has 40 heavy (non-hydrogen) atoms. The molecule has 0 aliphatic heterocycles. The molecule has 0 heterocycles. The molecule has 0 aliphatic carbocycles. The van der Waals surface area contributed by atoms with E-state index in [0.717, 1.165) is 16.1 Å². The van der Waals surface area contributed by atoms with Gasteiger partial charge in [-0.1, -0.05) is 89.7 Å². The summed E-state index contributed by atoms with van der Waals surface area (Å²) >= 11 is 25.3. The van der Waals surface area contributed by atoms with E-state index >= 15 is 0 Å². The van der Waals surface area contributed by atoms with Gasteiger partial charge < -0.3 is 10.2 Å². The SMILES string of the molecule is CCCNC(=O)C(Cc1ccccc1)N(Cc1c(Cl)cccc1Cl)C(=O)CN(c1ccc(Cl)cc1Cl)S(C)(=O)=O. The van der Waals surface area contributed by atoms with Crippen molar-refractivity contribution in [1.29, 1.82) is 0 Å². The molecule has 3 aromatic carbocycles. The third kappa shape index (κ3) is 8.51. The molecule has 3 aromatic rings. The molecule has 0 aliphatic rings. The van der Waals surface area contributed by atoms with E-state index in [9.17, 15) is 18.0 Å². The molecule has 0 radical (unpaired) electrons. The molecule has 1 unspecified atom stereocenters. The van der Waals surface area contributed by atoms with Crippen LogP contribution in [0.3, 0.4) is 0 Å². The highest BCUT2D eigenvalue weighted by atomic mass is 35.5. The Kier molecular flexibility index (Phi) is 11.5. The molecular formula is C28H29Cl4N3O4S. The predicted molar refractivity (Wildman–Crippen MR) is 163 cm³/mol. The highest BCUT2D eigenvalue weighted by Crippen LogP contribution is 2.31. The zero-order chi connectivity index (χ0) is 29.4. The fraction of sp³-hybridized carbons (Fsp3) is 0.286. The lowest BCUT2D eigenvalue weighted by Crippen LogP contribution is -2.53. The number of sulfonamides is 1. The summed E-state index contributed by atoms with van der Waals surface area (Å²) in [4.78, 5) is 28.9. The molecule has 3 rings (SSSR count). The lowest BCUT2D eigenvalue weighted by atomic mass is 10.0. The zero-order valence-electron chi connectivity index (χ0n) is 21.9. The number of anilines is 1. The van der Waals surface area contributed by atoms with Crippen LogP contribution in [-0.2, 0) is 32.6 Å². The maximum Gasteiger partial charge on any atom is 0.244 e. The van der Waals surface area contributed by atoms with E-state index in [-0.39, 0.29) is 23.7 Å². The van der Waals surface area contributed by atoms with Gasteiger partial charge >= 0.3 is 0 Å². The van der Waals surface area contributed by atoms with Crippen molar-refractivity contribution in [3.63, 3.8) is 0 Å². The van der Waals surface area contributed by atoms with Crippen molar-refractivity contribution in [2.45, 2.75) is 32.4 Å². The Morgan fingerprint density at radius 2 is 1.55 bits per heavy atom. The fourth-order valence-electron chi connectivity index (χ4n) is 4.05. The molecule has 2 amide bonds. The molecule has 12 heteroatoms. The normalized spacial score (nSPS) is 12.1. The molecule has 0 bridgehead atoms. The first-order valence-electron chi connectivity index (χ1n) is 12.4. The predicted octanol–water partition coefficient (Wildman–Crippen LogP) is 6.23. The first-order chi connectivity index (χ1) is 18.9. The molecule has 0 aromatic heterocycles. The van der Waals surface area contributed by atoms with Gasteiger partial charge in [0.1, 0.15) is 12.6 Å². The maximum atomic E-state index is 14.1. The monoisotopic (exact) mass is 643 g/mol. The molecule has 0 saturated carbocycles. The Bertz CT molecular complexity index is 1430. The number of hydrogen-bond donors (Lipinski definition) is 1. The van der Waals surface area contributed by atoms with Gasteiger partial charge in [-0.15, -0.1) is 0 Å². The molecule has 7 nitrogen and oxygen atoms in total. The number of carbonyl (C=O) groups excluding carboxylic acids is 2. The van der Waals surface area contributed by atoms with Crippen molar-refractivity contribution < 1.29 is 18.0 Å². The number of hydrogen-bond acceptors (Lipinski definition) is 4. The van der Waals surface area contributed by atoms with Crippen molar-refractivity contribution in [2.75, 3.05) is 23.7 Å². The number of halogens is 4. The van der Waals surface area contributed by atoms with Gasteiger partial charge in [-0.05, 0) is 42.3 Å². The van der Waals surface area contributed by atoms with Gasteiger partial charge in [0.2, 0.25) is 21.8 Å². The molecule has 0 fully saturated rings. The van der Waals surface area contributed by atoms with Crippen molar-refractivity contribution in [2.24, 2.45) is 0 Å².